The maximum Gasteiger partial charge on any atom is 0.573 e. The number of hydrogen-bond donors (Lipinski definition) is 0. The molecular formula is C9H5BrF3NO. The van der Waals surface area contributed by atoms with E-state index in [4.69, 9.17) is 5.26 Å². The summed E-state index contributed by atoms with van der Waals surface area (Å²) >= 11 is 2.94. The molecular weight excluding hydrogens is 275 g/mol. The van der Waals surface area contributed by atoms with E-state index in [1.807, 2.05) is 6.07 Å². The summed E-state index contributed by atoms with van der Waals surface area (Å²) in [7, 11) is 0. The highest BCUT2D eigenvalue weighted by Crippen LogP contribution is 2.31. The second-order valence-corrected chi connectivity index (χ2v) is 3.50. The average Bonchev–Trinajstić information content (AvgIpc) is 2.08. The van der Waals surface area contributed by atoms with Gasteiger partial charge in [0, 0.05) is 0 Å². The minimum absolute atomic E-state index is 0.144. The lowest BCUT2D eigenvalue weighted by molar-refractivity contribution is -0.274. The van der Waals surface area contributed by atoms with Crippen molar-refractivity contribution in [2.75, 3.05) is 0 Å². The Balaban J connectivity index is 2.89. The van der Waals surface area contributed by atoms with Crippen LogP contribution in [0.15, 0.2) is 22.7 Å². The number of nitriles is 1. The molecule has 0 aromatic heterocycles. The van der Waals surface area contributed by atoms with Gasteiger partial charge in [-0.3, -0.25) is 0 Å². The first-order valence-electron chi connectivity index (χ1n) is 3.83. The third-order valence-electron chi connectivity index (χ3n) is 1.51. The zero-order chi connectivity index (χ0) is 11.5. The van der Waals surface area contributed by atoms with E-state index in [9.17, 15) is 13.2 Å². The van der Waals surface area contributed by atoms with Crippen LogP contribution in [0.4, 0.5) is 13.2 Å². The van der Waals surface area contributed by atoms with Crippen LogP contribution >= 0.6 is 15.9 Å². The quantitative estimate of drug-likeness (QED) is 0.831. The molecule has 1 rings (SSSR count). The van der Waals surface area contributed by atoms with Crippen LogP contribution in [0.25, 0.3) is 0 Å². The van der Waals surface area contributed by atoms with Crippen LogP contribution in [0, 0.1) is 11.3 Å². The Bertz CT molecular complexity index is 397. The van der Waals surface area contributed by atoms with E-state index in [0.29, 0.717) is 5.56 Å². The van der Waals surface area contributed by atoms with Crippen molar-refractivity contribution in [1.82, 2.24) is 0 Å². The molecule has 0 saturated carbocycles. The zero-order valence-corrected chi connectivity index (χ0v) is 8.89. The first kappa shape index (κ1) is 11.9. The molecule has 6 heteroatoms. The lowest BCUT2D eigenvalue weighted by Crippen LogP contribution is -2.17. The molecule has 0 aliphatic carbocycles. The van der Waals surface area contributed by atoms with Gasteiger partial charge in [-0.2, -0.15) is 5.26 Å². The molecule has 1 aromatic rings. The van der Waals surface area contributed by atoms with Crippen LogP contribution < -0.4 is 4.74 Å². The molecule has 0 atom stereocenters. The molecule has 0 saturated heterocycles. The van der Waals surface area contributed by atoms with Gasteiger partial charge in [0.1, 0.15) is 5.75 Å². The largest absolute Gasteiger partial charge is 0.573 e. The van der Waals surface area contributed by atoms with E-state index < -0.39 is 6.36 Å². The second-order valence-electron chi connectivity index (χ2n) is 2.65. The third kappa shape index (κ3) is 3.80. The first-order valence-corrected chi connectivity index (χ1v) is 4.63. The maximum absolute atomic E-state index is 11.9. The molecule has 0 unspecified atom stereocenters. The molecule has 0 fully saturated rings. The molecule has 15 heavy (non-hydrogen) atoms. The van der Waals surface area contributed by atoms with Crippen molar-refractivity contribution in [3.05, 3.63) is 28.2 Å². The Kier molecular flexibility index (Phi) is 3.58. The molecule has 80 valence electrons. The molecule has 0 aliphatic rings. The summed E-state index contributed by atoms with van der Waals surface area (Å²) < 4.78 is 39.5. The van der Waals surface area contributed by atoms with Gasteiger partial charge < -0.3 is 4.74 Å². The number of rotatable bonds is 2. The molecule has 0 bridgehead atoms. The highest BCUT2D eigenvalue weighted by atomic mass is 79.9. The Morgan fingerprint density at radius 1 is 1.40 bits per heavy atom. The maximum atomic E-state index is 11.9. The molecule has 0 amide bonds. The third-order valence-corrected chi connectivity index (χ3v) is 2.12. The highest BCUT2D eigenvalue weighted by molar-refractivity contribution is 9.10. The number of hydrogen-bond acceptors (Lipinski definition) is 2. The Hall–Kier alpha value is -1.22. The van der Waals surface area contributed by atoms with E-state index in [1.165, 1.54) is 18.2 Å². The Morgan fingerprint density at radius 2 is 2.07 bits per heavy atom. The van der Waals surface area contributed by atoms with Gasteiger partial charge in [-0.25, -0.2) is 0 Å². The Morgan fingerprint density at radius 3 is 2.53 bits per heavy atom. The summed E-state index contributed by atoms with van der Waals surface area (Å²) in [5, 5.41) is 8.39. The smallest absolute Gasteiger partial charge is 0.405 e. The Labute approximate surface area is 92.4 Å². The van der Waals surface area contributed by atoms with Crippen LogP contribution in [0.2, 0.25) is 0 Å². The summed E-state index contributed by atoms with van der Waals surface area (Å²) in [5.41, 5.74) is 0.624. The lowest BCUT2D eigenvalue weighted by Gasteiger charge is -2.10. The minimum Gasteiger partial charge on any atom is -0.405 e. The predicted molar refractivity (Wildman–Crippen MR) is 50.1 cm³/mol. The fourth-order valence-electron chi connectivity index (χ4n) is 0.953. The van der Waals surface area contributed by atoms with Gasteiger partial charge >= 0.3 is 6.36 Å². The fraction of sp³-hybridized carbons (Fsp3) is 0.222. The van der Waals surface area contributed by atoms with Gasteiger partial charge in [-0.1, -0.05) is 6.07 Å². The van der Waals surface area contributed by atoms with Gasteiger partial charge in [-0.15, -0.1) is 13.2 Å². The lowest BCUT2D eigenvalue weighted by atomic mass is 10.2. The van der Waals surface area contributed by atoms with E-state index >= 15 is 0 Å². The number of nitrogens with zero attached hydrogens (tertiary/aromatic N) is 1. The zero-order valence-electron chi connectivity index (χ0n) is 7.31. The normalized spacial score (nSPS) is 10.9. The predicted octanol–water partition coefficient (Wildman–Crippen LogP) is 3.41. The highest BCUT2D eigenvalue weighted by Gasteiger charge is 2.31. The standard InChI is InChI=1S/C9H5BrF3NO/c10-7-5-6(3-4-14)1-2-8(7)15-9(11,12)13/h1-2,5H,3H2. The van der Waals surface area contributed by atoms with Crippen LogP contribution in [0.3, 0.4) is 0 Å². The van der Waals surface area contributed by atoms with Gasteiger partial charge in [0.25, 0.3) is 0 Å². The summed E-state index contributed by atoms with van der Waals surface area (Å²) in [6.07, 6.45) is -4.57. The monoisotopic (exact) mass is 279 g/mol. The van der Waals surface area contributed by atoms with E-state index in [0.717, 1.165) is 0 Å². The van der Waals surface area contributed by atoms with Crippen LogP contribution in [-0.2, 0) is 6.42 Å². The number of ether oxygens (including phenoxy) is 1. The topological polar surface area (TPSA) is 33.0 Å². The molecule has 0 radical (unpaired) electrons. The van der Waals surface area contributed by atoms with Crippen LogP contribution in [0.1, 0.15) is 5.56 Å². The fourth-order valence-corrected chi connectivity index (χ4v) is 1.46. The average molecular weight is 280 g/mol. The van der Waals surface area contributed by atoms with Crippen molar-refractivity contribution in [2.45, 2.75) is 12.8 Å². The molecule has 0 heterocycles. The molecule has 2 nitrogen and oxygen atoms in total. The summed E-state index contributed by atoms with van der Waals surface area (Å²) in [5.74, 6) is -0.316. The van der Waals surface area contributed by atoms with E-state index in [1.54, 1.807) is 0 Å². The van der Waals surface area contributed by atoms with Crippen molar-refractivity contribution in [1.29, 1.82) is 5.26 Å². The van der Waals surface area contributed by atoms with Gasteiger partial charge in [0.05, 0.1) is 17.0 Å². The minimum atomic E-state index is -4.71. The van der Waals surface area contributed by atoms with Gasteiger partial charge in [0.15, 0.2) is 0 Å². The number of halogens is 4. The molecule has 0 N–H and O–H groups in total. The second kappa shape index (κ2) is 4.53. The van der Waals surface area contributed by atoms with Gasteiger partial charge in [-0.05, 0) is 33.6 Å². The number of alkyl halides is 3. The van der Waals surface area contributed by atoms with Crippen molar-refractivity contribution in [2.24, 2.45) is 0 Å². The molecule has 1 aromatic carbocycles. The van der Waals surface area contributed by atoms with E-state index in [-0.39, 0.29) is 16.6 Å². The van der Waals surface area contributed by atoms with Gasteiger partial charge in [0.2, 0.25) is 0 Å². The summed E-state index contributed by atoms with van der Waals surface area (Å²) in [6, 6.07) is 5.90. The SMILES string of the molecule is N#CCc1ccc(OC(F)(F)F)c(Br)c1. The van der Waals surface area contributed by atoms with Crippen LogP contribution in [0.5, 0.6) is 5.75 Å². The van der Waals surface area contributed by atoms with Crippen LogP contribution in [-0.4, -0.2) is 6.36 Å². The summed E-state index contributed by atoms with van der Waals surface area (Å²) in [6.45, 7) is 0. The van der Waals surface area contributed by atoms with Crippen molar-refractivity contribution >= 4 is 15.9 Å². The van der Waals surface area contributed by atoms with E-state index in [2.05, 4.69) is 20.7 Å². The first-order chi connectivity index (χ1) is 6.92. The molecule has 0 aliphatic heterocycles. The summed E-state index contributed by atoms with van der Waals surface area (Å²) in [4.78, 5) is 0. The van der Waals surface area contributed by atoms with Crippen molar-refractivity contribution in [3.8, 4) is 11.8 Å². The van der Waals surface area contributed by atoms with Crippen molar-refractivity contribution in [3.63, 3.8) is 0 Å². The van der Waals surface area contributed by atoms with Crippen molar-refractivity contribution < 1.29 is 17.9 Å². The molecule has 0 spiro atoms. The number of benzene rings is 1.